The number of nitrogens with zero attached hydrogens (tertiary/aromatic N) is 2. The van der Waals surface area contributed by atoms with Gasteiger partial charge in [0.25, 0.3) is 0 Å². The molecule has 1 amide bonds. The van der Waals surface area contributed by atoms with Crippen molar-refractivity contribution in [1.82, 2.24) is 9.88 Å². The second-order valence-electron chi connectivity index (χ2n) is 6.72. The van der Waals surface area contributed by atoms with E-state index < -0.39 is 0 Å². The Morgan fingerprint density at radius 1 is 1.13 bits per heavy atom. The minimum absolute atomic E-state index is 0.0319. The number of benzene rings is 1. The Hall–Kier alpha value is -2.42. The Bertz CT molecular complexity index is 667. The summed E-state index contributed by atoms with van der Waals surface area (Å²) in [5, 5.41) is 0. The Kier molecular flexibility index (Phi) is 5.32. The molecule has 0 radical (unpaired) electrons. The molecule has 1 aromatic heterocycles. The van der Waals surface area contributed by atoms with Crippen molar-refractivity contribution >= 4 is 12.0 Å². The molecule has 120 valence electrons. The molecule has 0 spiro atoms. The molecule has 1 heterocycles. The van der Waals surface area contributed by atoms with E-state index in [1.165, 1.54) is 5.56 Å². The van der Waals surface area contributed by atoms with Gasteiger partial charge in [-0.2, -0.15) is 0 Å². The van der Waals surface area contributed by atoms with Crippen LogP contribution in [0.1, 0.15) is 37.6 Å². The molecule has 1 aromatic carbocycles. The molecule has 3 nitrogen and oxygen atoms in total. The number of amides is 1. The van der Waals surface area contributed by atoms with Crippen molar-refractivity contribution in [2.24, 2.45) is 0 Å². The number of likely N-dealkylation sites (N-methyl/N-ethyl adjacent to an activating group) is 1. The van der Waals surface area contributed by atoms with Crippen molar-refractivity contribution in [2.75, 3.05) is 7.05 Å². The van der Waals surface area contributed by atoms with E-state index in [1.807, 2.05) is 36.4 Å². The maximum atomic E-state index is 12.2. The monoisotopic (exact) mass is 308 g/mol. The maximum absolute atomic E-state index is 12.2. The molecule has 0 N–H and O–H groups in total. The van der Waals surface area contributed by atoms with E-state index in [0.29, 0.717) is 6.54 Å². The van der Waals surface area contributed by atoms with Crippen molar-refractivity contribution in [2.45, 2.75) is 32.7 Å². The summed E-state index contributed by atoms with van der Waals surface area (Å²) in [7, 11) is 1.78. The highest BCUT2D eigenvalue weighted by Gasteiger charge is 2.12. The number of rotatable bonds is 4. The lowest BCUT2D eigenvalue weighted by Crippen LogP contribution is -2.24. The van der Waals surface area contributed by atoms with Crippen LogP contribution in [-0.2, 0) is 16.8 Å². The number of hydrogen-bond acceptors (Lipinski definition) is 2. The minimum atomic E-state index is -0.0319. The lowest BCUT2D eigenvalue weighted by Gasteiger charge is -2.18. The molecule has 0 aliphatic carbocycles. The Morgan fingerprint density at radius 2 is 1.83 bits per heavy atom. The van der Waals surface area contributed by atoms with Gasteiger partial charge in [0, 0.05) is 19.3 Å². The SMILES string of the molecule is CN(Cc1ccccn1)C(=O)/C=C/c1ccc(C(C)(C)C)cc1. The average molecular weight is 308 g/mol. The highest BCUT2D eigenvalue weighted by Crippen LogP contribution is 2.22. The number of carbonyl (C=O) groups excluding carboxylic acids is 1. The first-order valence-corrected chi connectivity index (χ1v) is 7.80. The molecule has 0 unspecified atom stereocenters. The molecular formula is C20H24N2O. The predicted molar refractivity (Wildman–Crippen MR) is 94.9 cm³/mol. The first-order chi connectivity index (χ1) is 10.9. The van der Waals surface area contributed by atoms with E-state index in [1.54, 1.807) is 24.2 Å². The largest absolute Gasteiger partial charge is 0.336 e. The van der Waals surface area contributed by atoms with Gasteiger partial charge >= 0.3 is 0 Å². The summed E-state index contributed by atoms with van der Waals surface area (Å²) in [6.07, 6.45) is 5.19. The van der Waals surface area contributed by atoms with Gasteiger partial charge in [-0.25, -0.2) is 0 Å². The fourth-order valence-electron chi connectivity index (χ4n) is 2.20. The summed E-state index contributed by atoms with van der Waals surface area (Å²) < 4.78 is 0. The highest BCUT2D eigenvalue weighted by atomic mass is 16.2. The Morgan fingerprint density at radius 3 is 2.39 bits per heavy atom. The van der Waals surface area contributed by atoms with Crippen molar-refractivity contribution in [3.63, 3.8) is 0 Å². The van der Waals surface area contributed by atoms with Gasteiger partial charge in [0.15, 0.2) is 0 Å². The van der Waals surface area contributed by atoms with E-state index in [9.17, 15) is 4.79 Å². The molecule has 2 rings (SSSR count). The van der Waals surface area contributed by atoms with Gasteiger partial charge in [0.2, 0.25) is 5.91 Å². The normalized spacial score (nSPS) is 11.7. The molecule has 0 aliphatic rings. The zero-order chi connectivity index (χ0) is 16.9. The molecular weight excluding hydrogens is 284 g/mol. The Labute approximate surface area is 138 Å². The molecule has 0 fully saturated rings. The van der Waals surface area contributed by atoms with E-state index in [-0.39, 0.29) is 11.3 Å². The third-order valence-electron chi connectivity index (χ3n) is 3.70. The van der Waals surface area contributed by atoms with Crippen LogP contribution in [0.4, 0.5) is 0 Å². The smallest absolute Gasteiger partial charge is 0.246 e. The summed E-state index contributed by atoms with van der Waals surface area (Å²) in [4.78, 5) is 18.0. The quantitative estimate of drug-likeness (QED) is 0.798. The summed E-state index contributed by atoms with van der Waals surface area (Å²) in [6.45, 7) is 7.07. The van der Waals surface area contributed by atoms with Gasteiger partial charge in [0.1, 0.15) is 0 Å². The zero-order valence-corrected chi connectivity index (χ0v) is 14.3. The van der Waals surface area contributed by atoms with Crippen LogP contribution in [0.15, 0.2) is 54.7 Å². The lowest BCUT2D eigenvalue weighted by atomic mass is 9.87. The van der Waals surface area contributed by atoms with Gasteiger partial charge in [0.05, 0.1) is 12.2 Å². The topological polar surface area (TPSA) is 33.2 Å². The second kappa shape index (κ2) is 7.23. The molecule has 0 bridgehead atoms. The van der Waals surface area contributed by atoms with Crippen LogP contribution in [0.25, 0.3) is 6.08 Å². The first-order valence-electron chi connectivity index (χ1n) is 7.80. The predicted octanol–water partition coefficient (Wildman–Crippen LogP) is 4.05. The van der Waals surface area contributed by atoms with Crippen LogP contribution in [-0.4, -0.2) is 22.8 Å². The number of pyridine rings is 1. The summed E-state index contributed by atoms with van der Waals surface area (Å²) in [5.74, 6) is -0.0319. The fourth-order valence-corrected chi connectivity index (χ4v) is 2.20. The van der Waals surface area contributed by atoms with Crippen molar-refractivity contribution < 1.29 is 4.79 Å². The molecule has 0 saturated heterocycles. The van der Waals surface area contributed by atoms with Crippen LogP contribution in [0.5, 0.6) is 0 Å². The standard InChI is InChI=1S/C20H24N2O/c1-20(2,3)17-11-8-16(9-12-17)10-13-19(23)22(4)15-18-7-5-6-14-21-18/h5-14H,15H2,1-4H3/b13-10+. The summed E-state index contributed by atoms with van der Waals surface area (Å²) in [5.41, 5.74) is 3.33. The van der Waals surface area contributed by atoms with Gasteiger partial charge in [-0.15, -0.1) is 0 Å². The molecule has 3 heteroatoms. The first kappa shape index (κ1) is 16.9. The summed E-state index contributed by atoms with van der Waals surface area (Å²) >= 11 is 0. The number of hydrogen-bond donors (Lipinski definition) is 0. The average Bonchev–Trinajstić information content (AvgIpc) is 2.53. The fraction of sp³-hybridized carbons (Fsp3) is 0.300. The van der Waals surface area contributed by atoms with Gasteiger partial charge < -0.3 is 4.90 Å². The molecule has 0 aliphatic heterocycles. The van der Waals surface area contributed by atoms with Gasteiger partial charge in [-0.1, -0.05) is 51.1 Å². The second-order valence-corrected chi connectivity index (χ2v) is 6.72. The van der Waals surface area contributed by atoms with Crippen LogP contribution >= 0.6 is 0 Å². The number of aromatic nitrogens is 1. The van der Waals surface area contributed by atoms with Crippen LogP contribution < -0.4 is 0 Å². The zero-order valence-electron chi connectivity index (χ0n) is 14.3. The third kappa shape index (κ3) is 5.06. The van der Waals surface area contributed by atoms with E-state index in [4.69, 9.17) is 0 Å². The van der Waals surface area contributed by atoms with Crippen molar-refractivity contribution in [3.8, 4) is 0 Å². The highest BCUT2D eigenvalue weighted by molar-refractivity contribution is 5.91. The lowest BCUT2D eigenvalue weighted by molar-refractivity contribution is -0.125. The summed E-state index contributed by atoms with van der Waals surface area (Å²) in [6, 6.07) is 14.0. The van der Waals surface area contributed by atoms with Gasteiger partial charge in [-0.05, 0) is 34.8 Å². The van der Waals surface area contributed by atoms with Crippen LogP contribution in [0, 0.1) is 0 Å². The number of carbonyl (C=O) groups is 1. The third-order valence-corrected chi connectivity index (χ3v) is 3.70. The molecule has 23 heavy (non-hydrogen) atoms. The van der Waals surface area contributed by atoms with Crippen LogP contribution in [0.3, 0.4) is 0 Å². The van der Waals surface area contributed by atoms with E-state index >= 15 is 0 Å². The van der Waals surface area contributed by atoms with Crippen molar-refractivity contribution in [3.05, 3.63) is 71.6 Å². The minimum Gasteiger partial charge on any atom is -0.336 e. The van der Waals surface area contributed by atoms with Crippen molar-refractivity contribution in [1.29, 1.82) is 0 Å². The molecule has 2 aromatic rings. The maximum Gasteiger partial charge on any atom is 0.246 e. The molecule has 0 saturated carbocycles. The van der Waals surface area contributed by atoms with Crippen LogP contribution in [0.2, 0.25) is 0 Å². The van der Waals surface area contributed by atoms with E-state index in [2.05, 4.69) is 37.9 Å². The Balaban J connectivity index is 1.97. The molecule has 0 atom stereocenters. The van der Waals surface area contributed by atoms with Gasteiger partial charge in [-0.3, -0.25) is 9.78 Å². The van der Waals surface area contributed by atoms with E-state index in [0.717, 1.165) is 11.3 Å².